The van der Waals surface area contributed by atoms with E-state index in [1.807, 2.05) is 31.8 Å². The number of imidazole rings is 1. The van der Waals surface area contributed by atoms with E-state index in [0.29, 0.717) is 5.65 Å². The average Bonchev–Trinajstić information content (AvgIpc) is 2.94. The zero-order valence-corrected chi connectivity index (χ0v) is 11.1. The maximum Gasteiger partial charge on any atom is 0.183 e. The monoisotopic (exact) mass is 257 g/mol. The Kier molecular flexibility index (Phi) is 2.66. The van der Waals surface area contributed by atoms with E-state index in [-0.39, 0.29) is 0 Å². The molecule has 0 aliphatic rings. The van der Waals surface area contributed by atoms with Gasteiger partial charge in [-0.05, 0) is 13.0 Å². The Balaban J connectivity index is 1.97. The number of fused-ring (bicyclic) bond motifs is 1. The first kappa shape index (κ1) is 11.6. The third kappa shape index (κ3) is 2.03. The van der Waals surface area contributed by atoms with E-state index >= 15 is 0 Å². The fourth-order valence-electron chi connectivity index (χ4n) is 2.10. The number of nitrogens with one attached hydrogen (secondary N) is 1. The van der Waals surface area contributed by atoms with E-state index in [1.165, 1.54) is 6.33 Å². The van der Waals surface area contributed by atoms with E-state index in [0.717, 1.165) is 29.4 Å². The highest BCUT2D eigenvalue weighted by atomic mass is 15.3. The van der Waals surface area contributed by atoms with Crippen molar-refractivity contribution in [2.75, 3.05) is 11.9 Å². The van der Waals surface area contributed by atoms with Crippen LogP contribution in [0.2, 0.25) is 0 Å². The summed E-state index contributed by atoms with van der Waals surface area (Å²) in [5.74, 6) is 1.68. The van der Waals surface area contributed by atoms with Crippen LogP contribution in [0.1, 0.15) is 11.5 Å². The number of hydrogen-bond acceptors (Lipinski definition) is 5. The summed E-state index contributed by atoms with van der Waals surface area (Å²) in [6.07, 6.45) is 3.33. The Labute approximate surface area is 110 Å². The van der Waals surface area contributed by atoms with Crippen LogP contribution >= 0.6 is 0 Å². The smallest absolute Gasteiger partial charge is 0.183 e. The van der Waals surface area contributed by atoms with E-state index in [1.54, 1.807) is 6.20 Å². The Morgan fingerprint density at radius 2 is 2.21 bits per heavy atom. The molecule has 7 nitrogen and oxygen atoms in total. The molecule has 0 saturated heterocycles. The molecule has 0 aliphatic heterocycles. The molecule has 0 fully saturated rings. The Bertz CT molecular complexity index is 712. The second-order valence-corrected chi connectivity index (χ2v) is 4.52. The van der Waals surface area contributed by atoms with Gasteiger partial charge in [-0.25, -0.2) is 15.0 Å². The van der Waals surface area contributed by atoms with Crippen LogP contribution in [0.3, 0.4) is 0 Å². The van der Waals surface area contributed by atoms with Crippen molar-refractivity contribution >= 4 is 17.0 Å². The maximum absolute atomic E-state index is 4.34. The highest BCUT2D eigenvalue weighted by Crippen LogP contribution is 2.20. The van der Waals surface area contributed by atoms with Crippen molar-refractivity contribution < 1.29 is 0 Å². The van der Waals surface area contributed by atoms with Gasteiger partial charge in [-0.15, -0.1) is 0 Å². The molecule has 0 unspecified atom stereocenters. The Morgan fingerprint density at radius 3 is 2.95 bits per heavy atom. The van der Waals surface area contributed by atoms with Gasteiger partial charge in [0.15, 0.2) is 11.5 Å². The van der Waals surface area contributed by atoms with Gasteiger partial charge in [-0.2, -0.15) is 5.10 Å². The van der Waals surface area contributed by atoms with Crippen LogP contribution in [0, 0.1) is 6.92 Å². The zero-order valence-electron chi connectivity index (χ0n) is 11.1. The molecular formula is C12H15N7. The SMILES string of the molecule is Cc1nc2ncnc(N(C)Cc3ccnn3C)c2[nH]1. The molecule has 0 aromatic carbocycles. The second-order valence-electron chi connectivity index (χ2n) is 4.52. The van der Waals surface area contributed by atoms with Gasteiger partial charge in [-0.3, -0.25) is 4.68 Å². The highest BCUT2D eigenvalue weighted by Gasteiger charge is 2.13. The van der Waals surface area contributed by atoms with Gasteiger partial charge in [0.25, 0.3) is 0 Å². The van der Waals surface area contributed by atoms with Crippen molar-refractivity contribution in [1.82, 2.24) is 29.7 Å². The first-order valence-electron chi connectivity index (χ1n) is 6.00. The quantitative estimate of drug-likeness (QED) is 0.758. The summed E-state index contributed by atoms with van der Waals surface area (Å²) >= 11 is 0. The van der Waals surface area contributed by atoms with Gasteiger partial charge in [0, 0.05) is 20.3 Å². The van der Waals surface area contributed by atoms with Gasteiger partial charge in [0.1, 0.15) is 17.7 Å². The second kappa shape index (κ2) is 4.34. The molecule has 19 heavy (non-hydrogen) atoms. The van der Waals surface area contributed by atoms with Crippen molar-refractivity contribution in [3.8, 4) is 0 Å². The molecular weight excluding hydrogens is 242 g/mol. The third-order valence-electron chi connectivity index (χ3n) is 3.07. The number of rotatable bonds is 3. The number of aryl methyl sites for hydroxylation is 2. The lowest BCUT2D eigenvalue weighted by molar-refractivity contribution is 0.697. The lowest BCUT2D eigenvalue weighted by atomic mass is 10.3. The first-order chi connectivity index (χ1) is 9.15. The molecule has 0 atom stereocenters. The topological polar surface area (TPSA) is 75.5 Å². The van der Waals surface area contributed by atoms with Crippen molar-refractivity contribution in [2.45, 2.75) is 13.5 Å². The zero-order chi connectivity index (χ0) is 13.4. The maximum atomic E-state index is 4.34. The Morgan fingerprint density at radius 1 is 1.37 bits per heavy atom. The molecule has 98 valence electrons. The number of anilines is 1. The standard InChI is InChI=1S/C12H15N7/c1-8-16-10-11(17-8)13-7-14-12(10)18(2)6-9-4-5-15-19(9)3/h4-5,7H,6H2,1-3H3,(H,13,14,16,17). The average molecular weight is 257 g/mol. The number of hydrogen-bond donors (Lipinski definition) is 1. The molecule has 0 spiro atoms. The Hall–Kier alpha value is -2.44. The fourth-order valence-corrected chi connectivity index (χ4v) is 2.10. The van der Waals surface area contributed by atoms with Gasteiger partial charge in [-0.1, -0.05) is 0 Å². The molecule has 0 amide bonds. The van der Waals surface area contributed by atoms with Gasteiger partial charge in [0.05, 0.1) is 12.2 Å². The molecule has 3 rings (SSSR count). The van der Waals surface area contributed by atoms with E-state index < -0.39 is 0 Å². The molecule has 0 bridgehead atoms. The van der Waals surface area contributed by atoms with E-state index in [9.17, 15) is 0 Å². The van der Waals surface area contributed by atoms with Gasteiger partial charge < -0.3 is 9.88 Å². The minimum Gasteiger partial charge on any atom is -0.352 e. The van der Waals surface area contributed by atoms with Crippen LogP contribution in [0.25, 0.3) is 11.2 Å². The molecule has 0 aliphatic carbocycles. The van der Waals surface area contributed by atoms with Crippen molar-refractivity contribution in [1.29, 1.82) is 0 Å². The summed E-state index contributed by atoms with van der Waals surface area (Å²) in [7, 11) is 3.92. The summed E-state index contributed by atoms with van der Waals surface area (Å²) in [6.45, 7) is 2.63. The first-order valence-corrected chi connectivity index (χ1v) is 6.00. The van der Waals surface area contributed by atoms with Crippen LogP contribution in [0.15, 0.2) is 18.6 Å². The summed E-state index contributed by atoms with van der Waals surface area (Å²) in [5.41, 5.74) is 2.68. The summed E-state index contributed by atoms with van der Waals surface area (Å²) in [6, 6.07) is 1.99. The third-order valence-corrected chi connectivity index (χ3v) is 3.07. The molecule has 3 aromatic heterocycles. The van der Waals surface area contributed by atoms with Crippen LogP contribution in [0.5, 0.6) is 0 Å². The van der Waals surface area contributed by atoms with E-state index in [4.69, 9.17) is 0 Å². The molecule has 3 heterocycles. The van der Waals surface area contributed by atoms with Gasteiger partial charge in [0.2, 0.25) is 0 Å². The number of aromatic nitrogens is 6. The highest BCUT2D eigenvalue weighted by molar-refractivity contribution is 5.82. The summed E-state index contributed by atoms with van der Waals surface area (Å²) < 4.78 is 1.85. The minimum absolute atomic E-state index is 0.694. The normalized spacial score (nSPS) is 11.1. The molecule has 0 radical (unpaired) electrons. The van der Waals surface area contributed by atoms with Gasteiger partial charge >= 0.3 is 0 Å². The van der Waals surface area contributed by atoms with E-state index in [2.05, 4.69) is 29.9 Å². The van der Waals surface area contributed by atoms with Crippen molar-refractivity contribution in [2.24, 2.45) is 7.05 Å². The molecule has 3 aromatic rings. The molecule has 7 heteroatoms. The van der Waals surface area contributed by atoms with Crippen molar-refractivity contribution in [3.05, 3.63) is 30.1 Å². The fraction of sp³-hybridized carbons (Fsp3) is 0.333. The molecule has 1 N–H and O–H groups in total. The van der Waals surface area contributed by atoms with Crippen LogP contribution in [0.4, 0.5) is 5.82 Å². The number of aromatic amines is 1. The van der Waals surface area contributed by atoms with Crippen molar-refractivity contribution in [3.63, 3.8) is 0 Å². The lowest BCUT2D eigenvalue weighted by Crippen LogP contribution is -2.20. The van der Waals surface area contributed by atoms with Crippen LogP contribution in [-0.4, -0.2) is 36.8 Å². The lowest BCUT2D eigenvalue weighted by Gasteiger charge is -2.18. The predicted octanol–water partition coefficient (Wildman–Crippen LogP) is 1.03. The molecule has 0 saturated carbocycles. The minimum atomic E-state index is 0.694. The largest absolute Gasteiger partial charge is 0.352 e. The summed E-state index contributed by atoms with van der Waals surface area (Å²) in [5, 5.41) is 4.17. The van der Waals surface area contributed by atoms with Crippen LogP contribution in [-0.2, 0) is 13.6 Å². The number of nitrogens with zero attached hydrogens (tertiary/aromatic N) is 6. The number of H-pyrrole nitrogens is 1. The van der Waals surface area contributed by atoms with Crippen LogP contribution < -0.4 is 4.90 Å². The predicted molar refractivity (Wildman–Crippen MR) is 71.7 cm³/mol. The summed E-state index contributed by atoms with van der Waals surface area (Å²) in [4.78, 5) is 18.1.